The van der Waals surface area contributed by atoms with Crippen LogP contribution in [0.2, 0.25) is 0 Å². The summed E-state index contributed by atoms with van der Waals surface area (Å²) in [5, 5.41) is 9.77. The molecule has 1 amide bonds. The molecule has 2 fully saturated rings. The molecule has 2 aromatic rings. The van der Waals surface area contributed by atoms with Gasteiger partial charge in [-0.25, -0.2) is 0 Å². The molecule has 146 valence electrons. The number of carbonyl (C=O) groups excluding carboxylic acids is 1. The molecule has 2 aromatic carbocycles. The fourth-order valence-corrected chi connectivity index (χ4v) is 4.05. The first-order chi connectivity index (χ1) is 13.8. The molecular weight excluding hydrogens is 352 g/mol. The molecule has 1 aliphatic heterocycles. The lowest BCUT2D eigenvalue weighted by molar-refractivity contribution is -0.136. The molecule has 2 aliphatic rings. The first kappa shape index (κ1) is 18.8. The van der Waals surface area contributed by atoms with Crippen LogP contribution in [-0.4, -0.2) is 55.0 Å². The number of aliphatic hydroxyl groups excluding tert-OH is 1. The molecule has 28 heavy (non-hydrogen) atoms. The van der Waals surface area contributed by atoms with Crippen LogP contribution in [0.15, 0.2) is 65.7 Å². The number of benzene rings is 2. The van der Waals surface area contributed by atoms with E-state index in [1.54, 1.807) is 0 Å². The Balaban J connectivity index is 1.53. The predicted octanol–water partition coefficient (Wildman–Crippen LogP) is 2.68. The van der Waals surface area contributed by atoms with Gasteiger partial charge >= 0.3 is 0 Å². The molecule has 0 spiro atoms. The summed E-state index contributed by atoms with van der Waals surface area (Å²) >= 11 is 0. The van der Waals surface area contributed by atoms with E-state index in [-0.39, 0.29) is 36.3 Å². The van der Waals surface area contributed by atoms with Gasteiger partial charge in [-0.05, 0) is 11.1 Å². The molecule has 4 rings (SSSR count). The maximum atomic E-state index is 13.1. The number of hydrogen-bond donors (Lipinski definition) is 1. The Kier molecular flexibility index (Phi) is 5.84. The van der Waals surface area contributed by atoms with Gasteiger partial charge in [-0.3, -0.25) is 9.79 Å². The number of aliphatic hydroxyl groups is 1. The molecular formula is C23H26N2O3. The van der Waals surface area contributed by atoms with Crippen molar-refractivity contribution in [2.45, 2.75) is 12.0 Å². The molecule has 1 aliphatic carbocycles. The van der Waals surface area contributed by atoms with E-state index < -0.39 is 0 Å². The Hall–Kier alpha value is -2.50. The summed E-state index contributed by atoms with van der Waals surface area (Å²) in [6, 6.07) is 19.7. The number of ether oxygens (including phenoxy) is 1. The van der Waals surface area contributed by atoms with Crippen LogP contribution in [0.5, 0.6) is 0 Å². The van der Waals surface area contributed by atoms with Crippen LogP contribution in [-0.2, 0) is 9.53 Å². The van der Waals surface area contributed by atoms with E-state index in [4.69, 9.17) is 4.74 Å². The van der Waals surface area contributed by atoms with E-state index in [0.29, 0.717) is 26.3 Å². The summed E-state index contributed by atoms with van der Waals surface area (Å²) in [6.07, 6.45) is 1.90. The zero-order valence-corrected chi connectivity index (χ0v) is 15.9. The van der Waals surface area contributed by atoms with Gasteiger partial charge in [0, 0.05) is 31.1 Å². The second kappa shape index (κ2) is 8.67. The summed E-state index contributed by atoms with van der Waals surface area (Å²) in [6.45, 7) is 2.47. The first-order valence-corrected chi connectivity index (χ1v) is 9.90. The molecule has 4 atom stereocenters. The Morgan fingerprint density at radius 1 is 1.11 bits per heavy atom. The molecule has 1 N–H and O–H groups in total. The van der Waals surface area contributed by atoms with Crippen molar-refractivity contribution >= 4 is 12.1 Å². The third kappa shape index (κ3) is 4.01. The number of amides is 1. The van der Waals surface area contributed by atoms with Crippen LogP contribution in [0.1, 0.15) is 23.1 Å². The van der Waals surface area contributed by atoms with Crippen LogP contribution in [0.4, 0.5) is 0 Å². The van der Waals surface area contributed by atoms with Gasteiger partial charge in [-0.1, -0.05) is 60.7 Å². The molecule has 0 bridgehead atoms. The number of aliphatic imine (C=N–C) groups is 1. The molecule has 1 heterocycles. The van der Waals surface area contributed by atoms with Gasteiger partial charge in [-0.2, -0.15) is 0 Å². The minimum absolute atomic E-state index is 0.0503. The minimum Gasteiger partial charge on any atom is -0.394 e. The zero-order chi connectivity index (χ0) is 19.3. The van der Waals surface area contributed by atoms with Crippen molar-refractivity contribution in [1.29, 1.82) is 0 Å². The molecule has 5 nitrogen and oxygen atoms in total. The highest BCUT2D eigenvalue weighted by atomic mass is 16.5. The molecule has 0 unspecified atom stereocenters. The van der Waals surface area contributed by atoms with Crippen LogP contribution in [0.25, 0.3) is 0 Å². The normalized spacial score (nSPS) is 25.6. The predicted molar refractivity (Wildman–Crippen MR) is 108 cm³/mol. The monoisotopic (exact) mass is 378 g/mol. The van der Waals surface area contributed by atoms with Crippen molar-refractivity contribution < 1.29 is 14.6 Å². The molecule has 1 saturated carbocycles. The highest BCUT2D eigenvalue weighted by molar-refractivity contribution is 5.90. The fraction of sp³-hybridized carbons (Fsp3) is 0.391. The summed E-state index contributed by atoms with van der Waals surface area (Å²) in [5.74, 6) is 0.319. The highest BCUT2D eigenvalue weighted by Crippen LogP contribution is 2.54. The third-order valence-corrected chi connectivity index (χ3v) is 5.66. The Bertz CT molecular complexity index is 803. The summed E-state index contributed by atoms with van der Waals surface area (Å²) in [7, 11) is 0. The maximum absolute atomic E-state index is 13.1. The Labute approximate surface area is 165 Å². The number of hydrogen-bond acceptors (Lipinski definition) is 4. The Morgan fingerprint density at radius 2 is 1.75 bits per heavy atom. The van der Waals surface area contributed by atoms with E-state index in [1.807, 2.05) is 59.6 Å². The summed E-state index contributed by atoms with van der Waals surface area (Å²) in [4.78, 5) is 19.7. The lowest BCUT2D eigenvalue weighted by Crippen LogP contribution is -2.42. The maximum Gasteiger partial charge on any atom is 0.227 e. The SMILES string of the molecule is O=C([C@@H]1[C@H](C=N[C@H](CO)c2ccccc2)[C@@H]1c1ccccc1)N1CCOCC1. The van der Waals surface area contributed by atoms with Crippen molar-refractivity contribution in [3.05, 3.63) is 71.8 Å². The molecule has 0 radical (unpaired) electrons. The second-order valence-corrected chi connectivity index (χ2v) is 7.38. The van der Waals surface area contributed by atoms with Crippen LogP contribution < -0.4 is 0 Å². The van der Waals surface area contributed by atoms with Gasteiger partial charge < -0.3 is 14.7 Å². The third-order valence-electron chi connectivity index (χ3n) is 5.66. The average molecular weight is 378 g/mol. The van der Waals surface area contributed by atoms with E-state index in [0.717, 1.165) is 5.56 Å². The van der Waals surface area contributed by atoms with Crippen molar-refractivity contribution in [3.63, 3.8) is 0 Å². The van der Waals surface area contributed by atoms with E-state index >= 15 is 0 Å². The van der Waals surface area contributed by atoms with Crippen LogP contribution >= 0.6 is 0 Å². The van der Waals surface area contributed by atoms with Gasteiger partial charge in [0.25, 0.3) is 0 Å². The highest BCUT2D eigenvalue weighted by Gasteiger charge is 2.55. The van der Waals surface area contributed by atoms with Crippen LogP contribution in [0, 0.1) is 11.8 Å². The topological polar surface area (TPSA) is 62.1 Å². The van der Waals surface area contributed by atoms with Gasteiger partial charge in [0.1, 0.15) is 0 Å². The van der Waals surface area contributed by atoms with Crippen molar-refractivity contribution in [3.8, 4) is 0 Å². The van der Waals surface area contributed by atoms with Gasteiger partial charge in [-0.15, -0.1) is 0 Å². The number of carbonyl (C=O) groups is 1. The molecule has 1 saturated heterocycles. The average Bonchev–Trinajstić information content (AvgIpc) is 3.50. The van der Waals surface area contributed by atoms with Gasteiger partial charge in [0.15, 0.2) is 0 Å². The largest absolute Gasteiger partial charge is 0.394 e. The fourth-order valence-electron chi connectivity index (χ4n) is 4.05. The van der Waals surface area contributed by atoms with Gasteiger partial charge in [0.2, 0.25) is 5.91 Å². The van der Waals surface area contributed by atoms with E-state index in [2.05, 4.69) is 17.1 Å². The first-order valence-electron chi connectivity index (χ1n) is 9.90. The van der Waals surface area contributed by atoms with Crippen LogP contribution in [0.3, 0.4) is 0 Å². The summed E-state index contributed by atoms with van der Waals surface area (Å²) < 4.78 is 5.38. The number of nitrogens with zero attached hydrogens (tertiary/aromatic N) is 2. The number of morpholine rings is 1. The van der Waals surface area contributed by atoms with Crippen molar-refractivity contribution in [1.82, 2.24) is 4.90 Å². The zero-order valence-electron chi connectivity index (χ0n) is 15.9. The molecule has 0 aromatic heterocycles. The molecule has 5 heteroatoms. The van der Waals surface area contributed by atoms with E-state index in [9.17, 15) is 9.90 Å². The summed E-state index contributed by atoms with van der Waals surface area (Å²) in [5.41, 5.74) is 2.15. The second-order valence-electron chi connectivity index (χ2n) is 7.38. The quantitative estimate of drug-likeness (QED) is 0.786. The smallest absolute Gasteiger partial charge is 0.227 e. The minimum atomic E-state index is -0.294. The Morgan fingerprint density at radius 3 is 2.39 bits per heavy atom. The number of rotatable bonds is 6. The van der Waals surface area contributed by atoms with E-state index in [1.165, 1.54) is 5.56 Å². The standard InChI is InChI=1S/C23H26N2O3/c26-16-20(17-7-3-1-4-8-17)24-15-19-21(18-9-5-2-6-10-18)22(19)23(27)25-11-13-28-14-12-25/h1-10,15,19-22,26H,11-14,16H2/t19-,20-,21+,22-/m1/s1. The van der Waals surface area contributed by atoms with Crippen molar-refractivity contribution in [2.75, 3.05) is 32.9 Å². The van der Waals surface area contributed by atoms with Crippen molar-refractivity contribution in [2.24, 2.45) is 16.8 Å². The van der Waals surface area contributed by atoms with Gasteiger partial charge in [0.05, 0.1) is 31.8 Å². The lowest BCUT2D eigenvalue weighted by Gasteiger charge is -2.27. The lowest BCUT2D eigenvalue weighted by atomic mass is 10.1.